The van der Waals surface area contributed by atoms with E-state index in [9.17, 15) is 14.9 Å². The van der Waals surface area contributed by atoms with Crippen molar-refractivity contribution in [2.45, 2.75) is 0 Å². The summed E-state index contributed by atoms with van der Waals surface area (Å²) in [7, 11) is 0. The van der Waals surface area contributed by atoms with Gasteiger partial charge in [-0.3, -0.25) is 14.9 Å². The van der Waals surface area contributed by atoms with Gasteiger partial charge >= 0.3 is 0 Å². The number of nitrogens with zero attached hydrogens (tertiary/aromatic N) is 1. The number of halogens is 1. The van der Waals surface area contributed by atoms with E-state index in [1.54, 1.807) is 30.3 Å². The number of carbonyl (C=O) groups excluding carboxylic acids is 1. The molecule has 0 amide bonds. The van der Waals surface area contributed by atoms with Crippen LogP contribution in [0.15, 0.2) is 42.5 Å². The number of aldehydes is 1. The summed E-state index contributed by atoms with van der Waals surface area (Å²) in [5, 5.41) is 11.5. The Kier molecular flexibility index (Phi) is 3.39. The number of hydrogen-bond acceptors (Lipinski definition) is 3. The minimum Gasteiger partial charge on any atom is -0.298 e. The molecule has 0 aliphatic heterocycles. The van der Waals surface area contributed by atoms with E-state index in [2.05, 4.69) is 0 Å². The summed E-state index contributed by atoms with van der Waals surface area (Å²) in [6.07, 6.45) is 0.578. The van der Waals surface area contributed by atoms with Crippen molar-refractivity contribution in [3.63, 3.8) is 0 Å². The Morgan fingerprint density at radius 1 is 1.17 bits per heavy atom. The highest BCUT2D eigenvalue weighted by Crippen LogP contribution is 2.31. The van der Waals surface area contributed by atoms with Crippen molar-refractivity contribution < 1.29 is 9.72 Å². The van der Waals surface area contributed by atoms with Gasteiger partial charge in [-0.1, -0.05) is 29.8 Å². The largest absolute Gasteiger partial charge is 0.298 e. The number of rotatable bonds is 3. The van der Waals surface area contributed by atoms with Gasteiger partial charge in [-0.2, -0.15) is 0 Å². The predicted octanol–water partition coefficient (Wildman–Crippen LogP) is 3.73. The van der Waals surface area contributed by atoms with E-state index in [0.717, 1.165) is 0 Å². The van der Waals surface area contributed by atoms with Crippen molar-refractivity contribution in [1.82, 2.24) is 0 Å². The fourth-order valence-electron chi connectivity index (χ4n) is 1.67. The lowest BCUT2D eigenvalue weighted by atomic mass is 10.0. The van der Waals surface area contributed by atoms with Crippen LogP contribution in [0, 0.1) is 10.1 Å². The summed E-state index contributed by atoms with van der Waals surface area (Å²) < 4.78 is 0. The van der Waals surface area contributed by atoms with Crippen molar-refractivity contribution in [1.29, 1.82) is 0 Å². The van der Waals surface area contributed by atoms with Crippen LogP contribution >= 0.6 is 11.6 Å². The smallest absolute Gasteiger partial charge is 0.277 e. The van der Waals surface area contributed by atoms with E-state index in [-0.39, 0.29) is 11.3 Å². The first-order valence-corrected chi connectivity index (χ1v) is 5.49. The Labute approximate surface area is 108 Å². The maximum atomic E-state index is 11.0. The Hall–Kier alpha value is -2.20. The van der Waals surface area contributed by atoms with Crippen LogP contribution in [0.25, 0.3) is 11.1 Å². The molecule has 0 aliphatic rings. The molecule has 0 aliphatic carbocycles. The van der Waals surface area contributed by atoms with E-state index >= 15 is 0 Å². The van der Waals surface area contributed by atoms with E-state index < -0.39 is 4.92 Å². The van der Waals surface area contributed by atoms with E-state index in [1.807, 2.05) is 0 Å². The summed E-state index contributed by atoms with van der Waals surface area (Å²) in [6.45, 7) is 0. The highest BCUT2D eigenvalue weighted by atomic mass is 35.5. The van der Waals surface area contributed by atoms with Gasteiger partial charge in [0.25, 0.3) is 5.69 Å². The van der Waals surface area contributed by atoms with E-state index in [1.165, 1.54) is 12.1 Å². The summed E-state index contributed by atoms with van der Waals surface area (Å²) in [6, 6.07) is 11.1. The van der Waals surface area contributed by atoms with Crippen molar-refractivity contribution in [2.24, 2.45) is 0 Å². The molecule has 0 saturated heterocycles. The number of carbonyl (C=O) groups is 1. The summed E-state index contributed by atoms with van der Waals surface area (Å²) in [5.74, 6) is 0. The number of nitro groups is 1. The van der Waals surface area contributed by atoms with Gasteiger partial charge in [-0.05, 0) is 23.8 Å². The quantitative estimate of drug-likeness (QED) is 0.480. The average Bonchev–Trinajstić information content (AvgIpc) is 2.38. The van der Waals surface area contributed by atoms with Crippen LogP contribution in [0.2, 0.25) is 5.02 Å². The monoisotopic (exact) mass is 261 g/mol. The molecule has 2 rings (SSSR count). The van der Waals surface area contributed by atoms with Gasteiger partial charge in [0.2, 0.25) is 0 Å². The van der Waals surface area contributed by atoms with Crippen molar-refractivity contribution in [2.75, 3.05) is 0 Å². The van der Waals surface area contributed by atoms with E-state index in [0.29, 0.717) is 22.4 Å². The van der Waals surface area contributed by atoms with Gasteiger partial charge < -0.3 is 0 Å². The van der Waals surface area contributed by atoms with Crippen LogP contribution in [0.3, 0.4) is 0 Å². The van der Waals surface area contributed by atoms with Gasteiger partial charge in [-0.15, -0.1) is 0 Å². The zero-order chi connectivity index (χ0) is 13.1. The minimum absolute atomic E-state index is 0.109. The number of nitro benzene ring substituents is 1. The molecule has 0 N–H and O–H groups in total. The van der Waals surface area contributed by atoms with Gasteiger partial charge in [0.05, 0.1) is 10.5 Å². The Morgan fingerprint density at radius 3 is 2.56 bits per heavy atom. The second-order valence-corrected chi connectivity index (χ2v) is 4.10. The Balaban J connectivity index is 2.63. The second kappa shape index (κ2) is 4.98. The second-order valence-electron chi connectivity index (χ2n) is 3.66. The third-order valence-electron chi connectivity index (χ3n) is 2.49. The maximum absolute atomic E-state index is 11.0. The fraction of sp³-hybridized carbons (Fsp3) is 0. The van der Waals surface area contributed by atoms with Crippen molar-refractivity contribution >= 4 is 23.6 Å². The van der Waals surface area contributed by atoms with Crippen LogP contribution in [0.4, 0.5) is 5.69 Å². The van der Waals surface area contributed by atoms with Crippen LogP contribution < -0.4 is 0 Å². The predicted molar refractivity (Wildman–Crippen MR) is 68.9 cm³/mol. The first kappa shape index (κ1) is 12.3. The van der Waals surface area contributed by atoms with Gasteiger partial charge in [0.1, 0.15) is 6.29 Å². The average molecular weight is 262 g/mol. The zero-order valence-electron chi connectivity index (χ0n) is 9.17. The maximum Gasteiger partial charge on any atom is 0.277 e. The van der Waals surface area contributed by atoms with Crippen LogP contribution in [-0.4, -0.2) is 11.2 Å². The molecule has 0 spiro atoms. The van der Waals surface area contributed by atoms with Crippen LogP contribution in [0.5, 0.6) is 0 Å². The lowest BCUT2D eigenvalue weighted by Gasteiger charge is -2.04. The molecule has 90 valence electrons. The third-order valence-corrected chi connectivity index (χ3v) is 2.73. The molecule has 0 unspecified atom stereocenters. The normalized spacial score (nSPS) is 10.1. The molecule has 18 heavy (non-hydrogen) atoms. The lowest BCUT2D eigenvalue weighted by molar-refractivity contribution is -0.384. The first-order valence-electron chi connectivity index (χ1n) is 5.11. The van der Waals surface area contributed by atoms with Gasteiger partial charge in [0, 0.05) is 16.7 Å². The van der Waals surface area contributed by atoms with E-state index in [4.69, 9.17) is 11.6 Å². The molecular formula is C13H8ClNO3. The zero-order valence-corrected chi connectivity index (χ0v) is 9.92. The standard InChI is InChI=1S/C13H8ClNO3/c14-11-3-1-2-10(7-11)12-5-4-9(8-16)6-13(12)15(17)18/h1-8H. The molecular weight excluding hydrogens is 254 g/mol. The summed E-state index contributed by atoms with van der Waals surface area (Å²) in [4.78, 5) is 21.1. The molecule has 5 heteroatoms. The van der Waals surface area contributed by atoms with Gasteiger partial charge in [-0.25, -0.2) is 0 Å². The molecule has 2 aromatic rings. The summed E-state index contributed by atoms with van der Waals surface area (Å²) >= 11 is 5.86. The molecule has 0 atom stereocenters. The van der Waals surface area contributed by atoms with Crippen molar-refractivity contribution in [3.05, 3.63) is 63.2 Å². The molecule has 0 saturated carbocycles. The Morgan fingerprint density at radius 2 is 1.94 bits per heavy atom. The SMILES string of the molecule is O=Cc1ccc(-c2cccc(Cl)c2)c([N+](=O)[O-])c1. The van der Waals surface area contributed by atoms with Gasteiger partial charge in [0.15, 0.2) is 0 Å². The molecule has 0 radical (unpaired) electrons. The molecule has 0 aromatic heterocycles. The topological polar surface area (TPSA) is 60.2 Å². The van der Waals surface area contributed by atoms with Crippen LogP contribution in [-0.2, 0) is 0 Å². The molecule has 2 aromatic carbocycles. The molecule has 0 bridgehead atoms. The number of benzene rings is 2. The van der Waals surface area contributed by atoms with Crippen molar-refractivity contribution in [3.8, 4) is 11.1 Å². The highest BCUT2D eigenvalue weighted by molar-refractivity contribution is 6.30. The Bertz CT molecular complexity index is 625. The molecule has 0 fully saturated rings. The summed E-state index contributed by atoms with van der Waals surface area (Å²) in [5.41, 5.74) is 1.24. The third kappa shape index (κ3) is 2.38. The molecule has 0 heterocycles. The number of hydrogen-bond donors (Lipinski definition) is 0. The highest BCUT2D eigenvalue weighted by Gasteiger charge is 2.16. The first-order chi connectivity index (χ1) is 8.61. The fourth-order valence-corrected chi connectivity index (χ4v) is 1.86. The minimum atomic E-state index is -0.511. The molecule has 4 nitrogen and oxygen atoms in total. The lowest BCUT2D eigenvalue weighted by Crippen LogP contribution is -1.94. The van der Waals surface area contributed by atoms with Crippen LogP contribution in [0.1, 0.15) is 10.4 Å².